The number of hydrogen-bond donors (Lipinski definition) is 8. The number of carbonyl (C=O) groups is 10. The van der Waals surface area contributed by atoms with Crippen molar-refractivity contribution in [1.82, 2.24) is 36.9 Å². The van der Waals surface area contributed by atoms with Gasteiger partial charge in [-0.1, -0.05) is 73.1 Å². The van der Waals surface area contributed by atoms with Crippen LogP contribution in [0.2, 0.25) is 0 Å². The molecule has 1 aliphatic carbocycles. The largest absolute Gasteiger partial charge is 0.481 e. The smallest absolute Gasteiger partial charge is 0.305 e. The maximum Gasteiger partial charge on any atom is 0.305 e. The minimum absolute atomic E-state index is 0.0381. The molecule has 344 valence electrons. The summed E-state index contributed by atoms with van der Waals surface area (Å²) in [5.74, 6) is -9.94. The van der Waals surface area contributed by atoms with Gasteiger partial charge in [-0.2, -0.15) is 0 Å². The summed E-state index contributed by atoms with van der Waals surface area (Å²) >= 11 is 1.28. The number of amides is 6. The van der Waals surface area contributed by atoms with E-state index in [2.05, 4.69) is 36.9 Å². The van der Waals surface area contributed by atoms with Gasteiger partial charge in [0.15, 0.2) is 0 Å². The second kappa shape index (κ2) is 26.7. The Morgan fingerprint density at radius 3 is 1.85 bits per heavy atom. The highest BCUT2D eigenvalue weighted by Gasteiger charge is 2.36. The summed E-state index contributed by atoms with van der Waals surface area (Å²) in [6.07, 6.45) is 7.52. The molecule has 19 nitrogen and oxygen atoms in total. The molecule has 0 bridgehead atoms. The number of aliphatic carboxylic acids is 2. The van der Waals surface area contributed by atoms with Crippen LogP contribution in [0.3, 0.4) is 0 Å². The highest BCUT2D eigenvalue weighted by atomic mass is 32.1. The highest BCUT2D eigenvalue weighted by molar-refractivity contribution is 7.10. The number of aromatic nitrogens is 1. The van der Waals surface area contributed by atoms with Crippen LogP contribution in [-0.4, -0.2) is 110 Å². The van der Waals surface area contributed by atoms with Crippen molar-refractivity contribution in [1.29, 1.82) is 0 Å². The Labute approximate surface area is 365 Å². The van der Waals surface area contributed by atoms with Crippen molar-refractivity contribution < 1.29 is 58.2 Å². The first-order chi connectivity index (χ1) is 29.2. The van der Waals surface area contributed by atoms with E-state index in [1.807, 2.05) is 0 Å². The normalized spacial score (nSPS) is 16.4. The fraction of sp³-hybridized carbons (Fsp3) is 0.643. The van der Waals surface area contributed by atoms with Crippen LogP contribution in [-0.2, 0) is 47.9 Å². The van der Waals surface area contributed by atoms with Gasteiger partial charge in [0, 0.05) is 24.9 Å². The molecule has 7 atom stereocenters. The zero-order chi connectivity index (χ0) is 46.5. The summed E-state index contributed by atoms with van der Waals surface area (Å²) in [5.41, 5.74) is 0. The van der Waals surface area contributed by atoms with Gasteiger partial charge >= 0.3 is 11.9 Å². The van der Waals surface area contributed by atoms with E-state index in [9.17, 15) is 58.2 Å². The third kappa shape index (κ3) is 18.6. The molecule has 1 fully saturated rings. The van der Waals surface area contributed by atoms with Crippen molar-refractivity contribution in [2.75, 3.05) is 0 Å². The van der Waals surface area contributed by atoms with Gasteiger partial charge in [-0.3, -0.25) is 47.9 Å². The molecule has 1 aliphatic rings. The summed E-state index contributed by atoms with van der Waals surface area (Å²) < 4.78 is 0. The van der Waals surface area contributed by atoms with Gasteiger partial charge in [0.1, 0.15) is 35.2 Å². The van der Waals surface area contributed by atoms with Crippen LogP contribution >= 0.6 is 11.3 Å². The Morgan fingerprint density at radius 2 is 1.31 bits per heavy atom. The number of rotatable bonds is 27. The molecule has 1 saturated carbocycles. The van der Waals surface area contributed by atoms with Crippen molar-refractivity contribution in [3.63, 3.8) is 0 Å². The predicted molar refractivity (Wildman–Crippen MR) is 228 cm³/mol. The van der Waals surface area contributed by atoms with Gasteiger partial charge in [0.2, 0.25) is 47.0 Å². The molecular weight excluding hydrogens is 827 g/mol. The lowest BCUT2D eigenvalue weighted by molar-refractivity contribution is -0.141. The first-order valence-corrected chi connectivity index (χ1v) is 22.0. The second-order valence-corrected chi connectivity index (χ2v) is 17.0. The minimum Gasteiger partial charge on any atom is -0.481 e. The Kier molecular flexibility index (Phi) is 22.7. The molecule has 0 unspecified atom stereocenters. The average molecular weight is 890 g/mol. The molecule has 6 amide bonds. The molecule has 0 spiro atoms. The molecule has 20 heteroatoms. The van der Waals surface area contributed by atoms with Crippen molar-refractivity contribution in [2.45, 2.75) is 155 Å². The summed E-state index contributed by atoms with van der Waals surface area (Å²) in [5, 5.41) is 36.1. The third-order valence-electron chi connectivity index (χ3n) is 10.5. The first kappa shape index (κ1) is 52.6. The number of carbonyl (C=O) groups excluding carboxylic acids is 8. The lowest BCUT2D eigenvalue weighted by Gasteiger charge is -2.31. The van der Waals surface area contributed by atoms with Gasteiger partial charge in [-0.05, 0) is 55.6 Å². The molecule has 0 aliphatic heterocycles. The number of nitrogens with one attached hydrogen (secondary N) is 6. The number of hydrogen-bond acceptors (Lipinski definition) is 12. The molecule has 1 aromatic rings. The minimum atomic E-state index is -1.59. The SMILES string of the molecule is CC[C@H](NC(=O)[C@H](CC1CCCCC1)NC(=O)[C@@H](NC(=O)[C@H](CC(C)C)NC(=O)[C@@H](CCC(=O)O)NC(=O)[C@H](CC(=O)O)NC(C)=O)[C@H](C)CC)C(=O)C(=O)/C=C/c1nccs1. The van der Waals surface area contributed by atoms with Crippen LogP contribution in [0, 0.1) is 17.8 Å². The average Bonchev–Trinajstić information content (AvgIpc) is 3.74. The van der Waals surface area contributed by atoms with Crippen LogP contribution < -0.4 is 31.9 Å². The van der Waals surface area contributed by atoms with Gasteiger partial charge in [0.05, 0.1) is 12.5 Å². The number of thiazole rings is 1. The van der Waals surface area contributed by atoms with Gasteiger partial charge in [0.25, 0.3) is 0 Å². The van der Waals surface area contributed by atoms with Crippen molar-refractivity contribution in [2.24, 2.45) is 17.8 Å². The zero-order valence-corrected chi connectivity index (χ0v) is 37.1. The number of carboxylic acids is 2. The van der Waals surface area contributed by atoms with E-state index in [-0.39, 0.29) is 31.1 Å². The number of allylic oxidation sites excluding steroid dienone is 1. The van der Waals surface area contributed by atoms with Crippen molar-refractivity contribution in [3.8, 4) is 0 Å². The number of Topliss-reactive ketones (excluding diaryl/α,β-unsaturated/α-hetero) is 1. The van der Waals surface area contributed by atoms with Crippen LogP contribution in [0.4, 0.5) is 0 Å². The molecule has 0 saturated heterocycles. The van der Waals surface area contributed by atoms with E-state index in [4.69, 9.17) is 0 Å². The summed E-state index contributed by atoms with van der Waals surface area (Å²) in [6.45, 7) is 9.75. The topological polar surface area (TPSA) is 296 Å². The van der Waals surface area contributed by atoms with Gasteiger partial charge in [-0.25, -0.2) is 4.98 Å². The molecule has 0 radical (unpaired) electrons. The van der Waals surface area contributed by atoms with Crippen molar-refractivity contribution in [3.05, 3.63) is 22.7 Å². The number of carboxylic acid groups (broad SMARTS) is 2. The molecular formula is C42H63N7O12S. The van der Waals surface area contributed by atoms with E-state index < -0.39 is 120 Å². The molecule has 0 aromatic carbocycles. The van der Waals surface area contributed by atoms with Crippen molar-refractivity contribution >= 4 is 76.4 Å². The van der Waals surface area contributed by atoms with E-state index in [0.29, 0.717) is 11.4 Å². The van der Waals surface area contributed by atoms with Crippen LogP contribution in [0.15, 0.2) is 17.7 Å². The maximum absolute atomic E-state index is 14.2. The molecule has 1 aromatic heterocycles. The van der Waals surface area contributed by atoms with E-state index in [0.717, 1.165) is 45.1 Å². The van der Waals surface area contributed by atoms with Crippen LogP contribution in [0.25, 0.3) is 6.08 Å². The third-order valence-corrected chi connectivity index (χ3v) is 11.3. The molecule has 2 rings (SSSR count). The number of ketones is 2. The predicted octanol–water partition coefficient (Wildman–Crippen LogP) is 2.04. The number of nitrogens with zero attached hydrogens (tertiary/aromatic N) is 1. The van der Waals surface area contributed by atoms with Gasteiger partial charge in [-0.15, -0.1) is 11.3 Å². The fourth-order valence-electron chi connectivity index (χ4n) is 6.96. The monoisotopic (exact) mass is 889 g/mol. The Hall–Kier alpha value is -5.53. The lowest BCUT2D eigenvalue weighted by atomic mass is 9.84. The Bertz CT molecular complexity index is 1750. The van der Waals surface area contributed by atoms with Crippen LogP contribution in [0.5, 0.6) is 0 Å². The maximum atomic E-state index is 14.2. The molecule has 62 heavy (non-hydrogen) atoms. The summed E-state index contributed by atoms with van der Waals surface area (Å²) in [7, 11) is 0. The Morgan fingerprint density at radius 1 is 0.726 bits per heavy atom. The quantitative estimate of drug-likeness (QED) is 0.0464. The summed E-state index contributed by atoms with van der Waals surface area (Å²) in [6, 6.07) is -8.00. The second-order valence-electron chi connectivity index (χ2n) is 16.1. The van der Waals surface area contributed by atoms with Crippen LogP contribution in [0.1, 0.15) is 124 Å². The van der Waals surface area contributed by atoms with E-state index in [1.165, 1.54) is 17.4 Å². The highest BCUT2D eigenvalue weighted by Crippen LogP contribution is 2.28. The summed E-state index contributed by atoms with van der Waals surface area (Å²) in [4.78, 5) is 133. The Balaban J connectivity index is 2.36. The van der Waals surface area contributed by atoms with E-state index >= 15 is 0 Å². The van der Waals surface area contributed by atoms with Gasteiger partial charge < -0.3 is 42.1 Å². The fourth-order valence-corrected chi connectivity index (χ4v) is 7.49. The molecule has 1 heterocycles. The standard InChI is InChI=1S/C42H63N7O12S/c1-7-24(5)36(49-41(60)29(20-23(3)4)47-38(57)28(14-17-34(52)53)46-40(59)31(22-35(54)55)44-25(6)50)42(61)48-30(21-26-12-10-9-11-13-26)39(58)45-27(8-2)37(56)32(51)15-16-33-43-18-19-62-33/h15-16,18-19,23-24,26-31,36H,7-14,17,20-22H2,1-6H3,(H,44,50)(H,45,58)(H,46,59)(H,47,57)(H,48,61)(H,49,60)(H,52,53)(H,54,55)/b16-15+/t24-,27+,28-,29+,30+,31+,36+/m1/s1. The first-order valence-electron chi connectivity index (χ1n) is 21.1. The lowest BCUT2D eigenvalue weighted by Crippen LogP contribution is -2.61. The molecule has 8 N–H and O–H groups in total. The van der Waals surface area contributed by atoms with E-state index in [1.54, 1.807) is 46.2 Å². The zero-order valence-electron chi connectivity index (χ0n) is 36.3.